The van der Waals surface area contributed by atoms with Gasteiger partial charge in [-0.3, -0.25) is 9.97 Å². The van der Waals surface area contributed by atoms with Crippen molar-refractivity contribution in [2.24, 2.45) is 57.2 Å². The second-order valence-electron chi connectivity index (χ2n) is 38.2. The molecule has 12 rings (SSSR count). The number of aromatic nitrogens is 6. The molecule has 10 nitrogen and oxygen atoms in total. The Balaban J connectivity index is 1.30. The number of aryl methyl sites for hydroxylation is 4. The molecule has 0 amide bonds. The number of hydrogen-bond acceptors (Lipinski definition) is 8. The van der Waals surface area contributed by atoms with E-state index < -0.39 is 13.7 Å². The predicted molar refractivity (Wildman–Crippen MR) is 480 cm³/mol. The molecule has 586 valence electrons. The zero-order valence-corrected chi connectivity index (χ0v) is 71.7. The zero-order valence-electron chi connectivity index (χ0n) is 71.7. The summed E-state index contributed by atoms with van der Waals surface area (Å²) < 4.78 is 19.6. The summed E-state index contributed by atoms with van der Waals surface area (Å²) >= 11 is 0. The van der Waals surface area contributed by atoms with Gasteiger partial charge in [0.05, 0.1) is 58.4 Å². The highest BCUT2D eigenvalue weighted by Gasteiger charge is 2.39. The van der Waals surface area contributed by atoms with Gasteiger partial charge in [-0.25, -0.2) is 9.97 Å². The first-order valence-electron chi connectivity index (χ1n) is 41.8. The number of hydrogen-bond donors (Lipinski definition) is 0. The van der Waals surface area contributed by atoms with Crippen LogP contribution in [0.2, 0.25) is 0 Å². The average molecular weight is 1510 g/mol. The third-order valence-electron chi connectivity index (χ3n) is 23.3. The van der Waals surface area contributed by atoms with Crippen LogP contribution >= 0.6 is 0 Å². The fraction of sp³-hybridized carbons (Fsp3) is 0.392. The topological polar surface area (TPSA) is 127 Å². The summed E-state index contributed by atoms with van der Waals surface area (Å²) in [5, 5.41) is 28.6. The molecule has 0 aliphatic rings. The summed E-state index contributed by atoms with van der Waals surface area (Å²) in [5.74, 6) is 3.80. The molecule has 114 heavy (non-hydrogen) atoms. The molecule has 0 N–H and O–H groups in total. The molecule has 0 bridgehead atoms. The van der Waals surface area contributed by atoms with E-state index in [0.29, 0.717) is 103 Å². The number of fused-ring (bicyclic) bond motifs is 3. The Labute approximate surface area is 681 Å². The Bertz CT molecular complexity index is 5150. The van der Waals surface area contributed by atoms with Crippen LogP contribution in [-0.2, 0) is 0 Å². The maximum atomic E-state index is 13.0. The lowest BCUT2D eigenvalue weighted by Gasteiger charge is -2.31. The van der Waals surface area contributed by atoms with Crippen LogP contribution < -0.4 is 42.0 Å². The van der Waals surface area contributed by atoms with E-state index >= 15 is 0 Å². The number of nitrogens with zero attached hydrogens (tertiary/aromatic N) is 8. The van der Waals surface area contributed by atoms with Gasteiger partial charge in [0.15, 0.2) is 0 Å². The fourth-order valence-corrected chi connectivity index (χ4v) is 18.2. The Morgan fingerprint density at radius 3 is 0.991 bits per heavy atom. The van der Waals surface area contributed by atoms with Gasteiger partial charge in [0, 0.05) is 33.3 Å². The van der Waals surface area contributed by atoms with Gasteiger partial charge in [-0.2, -0.15) is 10.5 Å². The van der Waals surface area contributed by atoms with Crippen molar-refractivity contribution < 1.29 is 9.47 Å². The Morgan fingerprint density at radius 1 is 0.386 bits per heavy atom. The highest BCUT2D eigenvalue weighted by atomic mass is 16.5. The lowest BCUT2D eigenvalue weighted by atomic mass is 9.50. The van der Waals surface area contributed by atoms with E-state index in [0.717, 1.165) is 129 Å². The molecule has 0 aliphatic carbocycles. The van der Waals surface area contributed by atoms with Gasteiger partial charge < -0.3 is 18.4 Å². The molecule has 0 spiro atoms. The van der Waals surface area contributed by atoms with E-state index in [1.54, 1.807) is 12.4 Å². The lowest BCUT2D eigenvalue weighted by molar-refractivity contribution is 0.147. The molecule has 12 aromatic rings. The van der Waals surface area contributed by atoms with Gasteiger partial charge in [0.25, 0.3) is 0 Å². The number of nitriles is 2. The van der Waals surface area contributed by atoms with Gasteiger partial charge >= 0.3 is 13.7 Å². The molecule has 0 radical (unpaired) electrons. The van der Waals surface area contributed by atoms with E-state index in [1.165, 1.54) is 0 Å². The third kappa shape index (κ3) is 19.9. The van der Waals surface area contributed by atoms with Crippen molar-refractivity contribution in [3.8, 4) is 46.2 Å². The molecule has 4 heterocycles. The smallest absolute Gasteiger partial charge is 0.328 e. The van der Waals surface area contributed by atoms with Gasteiger partial charge in [0.1, 0.15) is 46.2 Å². The molecule has 12 heteroatoms. The second-order valence-corrected chi connectivity index (χ2v) is 38.2. The third-order valence-corrected chi connectivity index (χ3v) is 23.3. The van der Waals surface area contributed by atoms with Crippen LogP contribution in [0.5, 0.6) is 11.5 Å². The van der Waals surface area contributed by atoms with E-state index in [2.05, 4.69) is 354 Å². The first kappa shape index (κ1) is 83.1. The van der Waals surface area contributed by atoms with E-state index in [9.17, 15) is 10.5 Å². The Morgan fingerprint density at radius 2 is 0.693 bits per heavy atom. The number of benzene rings is 8. The van der Waals surface area contributed by atoms with Gasteiger partial charge in [-0.1, -0.05) is 291 Å². The molecule has 6 unspecified atom stereocenters. The van der Waals surface area contributed by atoms with Crippen molar-refractivity contribution in [2.45, 2.75) is 190 Å². The lowest BCUT2D eigenvalue weighted by Crippen LogP contribution is -2.54. The van der Waals surface area contributed by atoms with Crippen LogP contribution in [-0.4, -0.2) is 55.8 Å². The first-order chi connectivity index (χ1) is 54.2. The van der Waals surface area contributed by atoms with Crippen molar-refractivity contribution in [3.63, 3.8) is 0 Å². The van der Waals surface area contributed by atoms with Crippen LogP contribution in [0.3, 0.4) is 0 Å². The first-order valence-corrected chi connectivity index (χ1v) is 41.8. The summed E-state index contributed by atoms with van der Waals surface area (Å²) in [6.07, 6.45) is 12.2. The normalized spacial score (nSPS) is 14.4. The quantitative estimate of drug-likeness (QED) is 0.0444. The van der Waals surface area contributed by atoms with Gasteiger partial charge in [-0.15, -0.1) is 0 Å². The molecule has 6 atom stereocenters. The highest BCUT2D eigenvalue weighted by molar-refractivity contribution is 6.85. The van der Waals surface area contributed by atoms with E-state index in [4.69, 9.17) is 29.4 Å². The highest BCUT2D eigenvalue weighted by Crippen LogP contribution is 2.42. The van der Waals surface area contributed by atoms with Crippen molar-refractivity contribution in [1.29, 1.82) is 10.5 Å². The summed E-state index contributed by atoms with van der Waals surface area (Å²) in [6.45, 7) is 46.0. The number of rotatable bonds is 28. The van der Waals surface area contributed by atoms with Gasteiger partial charge in [-0.05, 0) is 194 Å². The maximum Gasteiger partial charge on any atom is 0.328 e. The van der Waals surface area contributed by atoms with Crippen LogP contribution in [0.25, 0.3) is 66.5 Å². The SMILES string of the molecule is Cc1cc2ncc(/C(C#N)=c3/c4c(-c5cccc(OCC(CCC(C)CC(C)(C)C)C(C)CC(C)(C)C)c5)n(B(c5ccccc5)c5ccccc5)/c(=C(/C#N)c5cnc6cc(C)c(C)cc6n5)c4c(-c4cccc(OCC(CCC(C)CC(C)(C)C)C(C)CC(C)(C)C)c4)n3B(c3ccccc3)c3ccccc3)nc2cc1C. The van der Waals surface area contributed by atoms with Crippen molar-refractivity contribution >= 4 is 79.5 Å². The average Bonchev–Trinajstić information content (AvgIpc) is 1.52. The summed E-state index contributed by atoms with van der Waals surface area (Å²) in [5.41, 5.74) is 16.1. The minimum absolute atomic E-state index is 0.113. The maximum absolute atomic E-state index is 13.0. The fourth-order valence-electron chi connectivity index (χ4n) is 18.2. The minimum Gasteiger partial charge on any atom is -0.493 e. The van der Waals surface area contributed by atoms with Crippen LogP contribution in [0, 0.1) is 108 Å². The van der Waals surface area contributed by atoms with Crippen molar-refractivity contribution in [1.82, 2.24) is 28.9 Å². The molecule has 0 saturated carbocycles. The van der Waals surface area contributed by atoms with Crippen molar-refractivity contribution in [3.05, 3.63) is 251 Å². The standard InChI is InChI=1S/C102H120B2N8O2/c1-67(57-99(9,10)11)47-49-77(73(7)59-101(15,16)17)65-113-83-45-33-35-75(55-83)95-93-94(98(86(62-106)92-64-108-88-52-70(4)72(6)54-90(88)110-92)111(95)103(79-37-25-21-26-38-79)80-39-27-22-28-40-80)96(76-36-34-46-84(56-76)114-66-78(74(8)60-102(18,19)20)50-48-68(2)58-100(12,13)14)112(104(81-41-29-23-30-42-81)82-43-31-24-32-44-82)97(93)85(61-105)91-63-107-87-51-69(3)71(5)53-89(87)109-91/h21-46,51-56,63-64,67-68,73-74,77-78H,47-50,57-60,65-66H2,1-20H3/b97-85-,98-86-. The van der Waals surface area contributed by atoms with Gasteiger partial charge in [0.2, 0.25) is 0 Å². The summed E-state index contributed by atoms with van der Waals surface area (Å²) in [4.78, 5) is 21.6. The van der Waals surface area contributed by atoms with Crippen LogP contribution in [0.15, 0.2) is 207 Å². The molecule has 0 aliphatic heterocycles. The molecule has 0 saturated heterocycles. The molecule has 4 aromatic heterocycles. The Hall–Kier alpha value is -10.3. The summed E-state index contributed by atoms with van der Waals surface area (Å²) in [6, 6.07) is 74.0. The molecular formula is C102H120B2N8O2. The summed E-state index contributed by atoms with van der Waals surface area (Å²) in [7, 11) is 0. The van der Waals surface area contributed by atoms with Crippen LogP contribution in [0.1, 0.15) is 196 Å². The molecule has 0 fully saturated rings. The second kappa shape index (κ2) is 35.2. The van der Waals surface area contributed by atoms with Crippen molar-refractivity contribution in [2.75, 3.05) is 13.2 Å². The minimum atomic E-state index is -0.632. The molecule has 8 aromatic carbocycles. The van der Waals surface area contributed by atoms with E-state index in [1.807, 2.05) is 0 Å². The van der Waals surface area contributed by atoms with Crippen LogP contribution in [0.4, 0.5) is 0 Å². The predicted octanol–water partition coefficient (Wildman–Crippen LogP) is 21.5. The van der Waals surface area contributed by atoms with E-state index in [-0.39, 0.29) is 33.5 Å². The number of ether oxygens (including phenoxy) is 2. The largest absolute Gasteiger partial charge is 0.493 e. The zero-order chi connectivity index (χ0) is 81.6. The molecular weight excluding hydrogens is 1390 g/mol. The Kier molecular flexibility index (Phi) is 25.7. The monoisotopic (exact) mass is 1510 g/mol.